The fourth-order valence-corrected chi connectivity index (χ4v) is 7.06. The van der Waals surface area contributed by atoms with Gasteiger partial charge < -0.3 is 15.5 Å². The maximum Gasteiger partial charge on any atom is 0.159 e. The van der Waals surface area contributed by atoms with E-state index in [2.05, 4.69) is 67.2 Å². The molecule has 3 aliphatic rings. The quantitative estimate of drug-likeness (QED) is 0.607. The Morgan fingerprint density at radius 1 is 1.29 bits per heavy atom. The smallest absolute Gasteiger partial charge is 0.159 e. The van der Waals surface area contributed by atoms with E-state index in [1.807, 2.05) is 0 Å². The molecule has 2 saturated carbocycles. The summed E-state index contributed by atoms with van der Waals surface area (Å²) in [6, 6.07) is 0. The van der Waals surface area contributed by atoms with Gasteiger partial charge in [-0.05, 0) is 68.1 Å². The summed E-state index contributed by atoms with van der Waals surface area (Å²) in [7, 11) is 2.05. The van der Waals surface area contributed by atoms with Crippen LogP contribution in [-0.2, 0) is 0 Å². The summed E-state index contributed by atoms with van der Waals surface area (Å²) in [6.07, 6.45) is 12.9. The van der Waals surface area contributed by atoms with Crippen LogP contribution in [0.25, 0.3) is 0 Å². The van der Waals surface area contributed by atoms with Gasteiger partial charge in [-0.2, -0.15) is 0 Å². The van der Waals surface area contributed by atoms with Gasteiger partial charge >= 0.3 is 0 Å². The first kappa shape index (κ1) is 22.2. The molecular weight excluding hydrogens is 382 g/mol. The fraction of sp³-hybridized carbons (Fsp3) is 0.692. The summed E-state index contributed by atoms with van der Waals surface area (Å²) in [5.41, 5.74) is 11.0. The zero-order chi connectivity index (χ0) is 22.4. The molecule has 3 atom stereocenters. The van der Waals surface area contributed by atoms with Crippen molar-refractivity contribution < 1.29 is 0 Å². The van der Waals surface area contributed by atoms with E-state index < -0.39 is 0 Å². The molecular formula is C26H41N5. The maximum atomic E-state index is 6.15. The molecule has 1 aromatic heterocycles. The number of aromatic nitrogens is 2. The SMILES string of the molecule is C=C1CC[C@H]2C(C)(C)CCC[C@]2(C)[C@H]1CC/C(C)=C/CN1CN(C)c2ncnc(N)c21. The molecule has 31 heavy (non-hydrogen) atoms. The largest absolute Gasteiger partial charge is 0.382 e. The van der Waals surface area contributed by atoms with Crippen LogP contribution in [0.4, 0.5) is 17.3 Å². The second-order valence-corrected chi connectivity index (χ2v) is 11.2. The van der Waals surface area contributed by atoms with Crippen molar-refractivity contribution in [2.45, 2.75) is 72.6 Å². The van der Waals surface area contributed by atoms with E-state index in [0.29, 0.717) is 22.6 Å². The number of nitrogens with two attached hydrogens (primary N) is 1. The molecule has 0 spiro atoms. The Morgan fingerprint density at radius 2 is 2.06 bits per heavy atom. The maximum absolute atomic E-state index is 6.15. The predicted octanol–water partition coefficient (Wildman–Crippen LogP) is 5.80. The molecule has 4 rings (SSSR count). The van der Waals surface area contributed by atoms with Crippen LogP contribution in [0, 0.1) is 22.7 Å². The van der Waals surface area contributed by atoms with Gasteiger partial charge in [-0.15, -0.1) is 0 Å². The Labute approximate surface area is 188 Å². The van der Waals surface area contributed by atoms with Crippen molar-refractivity contribution in [3.05, 3.63) is 30.1 Å². The lowest BCUT2D eigenvalue weighted by Crippen LogP contribution is -2.49. The molecule has 5 heteroatoms. The van der Waals surface area contributed by atoms with E-state index in [-0.39, 0.29) is 0 Å². The van der Waals surface area contributed by atoms with Crippen molar-refractivity contribution in [3.63, 3.8) is 0 Å². The summed E-state index contributed by atoms with van der Waals surface area (Å²) in [4.78, 5) is 13.0. The molecule has 2 heterocycles. The van der Waals surface area contributed by atoms with Gasteiger partial charge in [-0.25, -0.2) is 9.97 Å². The number of hydrogen-bond acceptors (Lipinski definition) is 5. The second kappa shape index (κ2) is 8.14. The summed E-state index contributed by atoms with van der Waals surface area (Å²) in [5, 5.41) is 0. The normalized spacial score (nSPS) is 30.4. The number of fused-ring (bicyclic) bond motifs is 2. The Balaban J connectivity index is 1.42. The highest BCUT2D eigenvalue weighted by molar-refractivity contribution is 5.81. The minimum Gasteiger partial charge on any atom is -0.382 e. The fourth-order valence-electron chi connectivity index (χ4n) is 7.06. The van der Waals surface area contributed by atoms with Crippen LogP contribution >= 0.6 is 0 Å². The highest BCUT2D eigenvalue weighted by Crippen LogP contribution is 2.61. The van der Waals surface area contributed by atoms with Gasteiger partial charge in [0.15, 0.2) is 11.6 Å². The summed E-state index contributed by atoms with van der Waals surface area (Å²) < 4.78 is 0. The average molecular weight is 424 g/mol. The molecule has 1 aliphatic heterocycles. The predicted molar refractivity (Wildman–Crippen MR) is 131 cm³/mol. The summed E-state index contributed by atoms with van der Waals surface area (Å²) >= 11 is 0. The highest BCUT2D eigenvalue weighted by Gasteiger charge is 2.52. The third kappa shape index (κ3) is 3.96. The topological polar surface area (TPSA) is 58.3 Å². The lowest BCUT2D eigenvalue weighted by molar-refractivity contribution is -0.0539. The van der Waals surface area contributed by atoms with Gasteiger partial charge in [0, 0.05) is 13.6 Å². The Morgan fingerprint density at radius 3 is 2.84 bits per heavy atom. The Kier molecular flexibility index (Phi) is 5.82. The minimum absolute atomic E-state index is 0.416. The van der Waals surface area contributed by atoms with Gasteiger partial charge in [0.25, 0.3) is 0 Å². The van der Waals surface area contributed by atoms with Crippen LogP contribution < -0.4 is 15.5 Å². The molecule has 1 aromatic rings. The molecule has 0 amide bonds. The van der Waals surface area contributed by atoms with Crippen molar-refractivity contribution in [1.82, 2.24) is 9.97 Å². The van der Waals surface area contributed by atoms with Crippen LogP contribution in [0.1, 0.15) is 72.6 Å². The molecule has 5 nitrogen and oxygen atoms in total. The molecule has 2 aliphatic carbocycles. The van der Waals surface area contributed by atoms with E-state index in [0.717, 1.165) is 37.1 Å². The van der Waals surface area contributed by atoms with Crippen LogP contribution in [0.2, 0.25) is 0 Å². The van der Waals surface area contributed by atoms with Crippen molar-refractivity contribution in [3.8, 4) is 0 Å². The molecule has 0 radical (unpaired) electrons. The lowest BCUT2D eigenvalue weighted by atomic mass is 9.47. The zero-order valence-electron chi connectivity index (χ0n) is 20.2. The second-order valence-electron chi connectivity index (χ2n) is 11.2. The standard InChI is InChI=1S/C26H41N5/c1-18(12-15-31-17-30(6)24-22(31)23(27)28-16-29-24)8-10-20-19(2)9-11-21-25(3,4)13-7-14-26(20,21)5/h12,16,20-21H,2,7-11,13-15,17H2,1,3-6H3,(H2,27,28,29)/b18-12+/t20-,21-,26+/m0/s1. The first-order valence-electron chi connectivity index (χ1n) is 12.0. The molecule has 170 valence electrons. The number of rotatable bonds is 5. The third-order valence-corrected chi connectivity index (χ3v) is 8.70. The first-order valence-corrected chi connectivity index (χ1v) is 12.0. The van der Waals surface area contributed by atoms with Gasteiger partial charge in [0.05, 0.1) is 6.67 Å². The van der Waals surface area contributed by atoms with Crippen molar-refractivity contribution >= 4 is 17.3 Å². The van der Waals surface area contributed by atoms with E-state index in [9.17, 15) is 0 Å². The first-order chi connectivity index (χ1) is 14.6. The van der Waals surface area contributed by atoms with Crippen LogP contribution in [-0.4, -0.2) is 30.2 Å². The lowest BCUT2D eigenvalue weighted by Gasteiger charge is -2.58. The molecule has 2 fully saturated rings. The number of nitrogen functional groups attached to an aromatic ring is 1. The highest BCUT2D eigenvalue weighted by atomic mass is 15.4. The van der Waals surface area contributed by atoms with E-state index in [1.165, 1.54) is 49.7 Å². The number of allylic oxidation sites excluding steroid dienone is 2. The summed E-state index contributed by atoms with van der Waals surface area (Å²) in [5.74, 6) is 2.97. The number of hydrogen-bond donors (Lipinski definition) is 1. The number of anilines is 3. The third-order valence-electron chi connectivity index (χ3n) is 8.70. The molecule has 0 saturated heterocycles. The molecule has 2 N–H and O–H groups in total. The van der Waals surface area contributed by atoms with Crippen molar-refractivity contribution in [1.29, 1.82) is 0 Å². The van der Waals surface area contributed by atoms with E-state index >= 15 is 0 Å². The van der Waals surface area contributed by atoms with Gasteiger partial charge in [-0.1, -0.05) is 51.0 Å². The molecule has 0 unspecified atom stereocenters. The van der Waals surface area contributed by atoms with Gasteiger partial charge in [0.2, 0.25) is 0 Å². The van der Waals surface area contributed by atoms with Crippen LogP contribution in [0.15, 0.2) is 30.1 Å². The van der Waals surface area contributed by atoms with Crippen molar-refractivity contribution in [2.24, 2.45) is 22.7 Å². The van der Waals surface area contributed by atoms with Crippen LogP contribution in [0.3, 0.4) is 0 Å². The van der Waals surface area contributed by atoms with E-state index in [4.69, 9.17) is 5.73 Å². The average Bonchev–Trinajstić information content (AvgIpc) is 3.02. The monoisotopic (exact) mass is 423 g/mol. The molecule has 0 aromatic carbocycles. The Hall–Kier alpha value is -2.04. The summed E-state index contributed by atoms with van der Waals surface area (Å²) in [6.45, 7) is 16.1. The number of nitrogens with zero attached hydrogens (tertiary/aromatic N) is 4. The minimum atomic E-state index is 0.416. The molecule has 0 bridgehead atoms. The van der Waals surface area contributed by atoms with Crippen LogP contribution in [0.5, 0.6) is 0 Å². The Bertz CT molecular complexity index is 873. The van der Waals surface area contributed by atoms with E-state index in [1.54, 1.807) is 6.33 Å². The zero-order valence-corrected chi connectivity index (χ0v) is 20.2. The van der Waals surface area contributed by atoms with Crippen molar-refractivity contribution in [2.75, 3.05) is 35.8 Å². The van der Waals surface area contributed by atoms with Gasteiger partial charge in [-0.3, -0.25) is 0 Å². The van der Waals surface area contributed by atoms with Gasteiger partial charge in [0.1, 0.15) is 12.0 Å².